The molecule has 0 aromatic carbocycles. The van der Waals surface area contributed by atoms with Crippen LogP contribution in [0, 0.1) is 5.92 Å². The van der Waals surface area contributed by atoms with Gasteiger partial charge in [0.25, 0.3) is 10.1 Å². The molecule has 3 atom stereocenters. The van der Waals surface area contributed by atoms with Crippen molar-refractivity contribution < 1.29 is 22.5 Å². The van der Waals surface area contributed by atoms with Crippen LogP contribution in [0.2, 0.25) is 0 Å². The number of carbonyl (C=O) groups is 1. The standard InChI is InChI=1S/C13H23NO5S/c1-9(2)11(19-20(3,17)18)13-7-4-5-10(6-8-13)14(13)12(15)16/h9-11H,4-8H2,1-3H3,(H,15,16). The summed E-state index contributed by atoms with van der Waals surface area (Å²) in [4.78, 5) is 13.1. The largest absolute Gasteiger partial charge is 0.465 e. The number of hydrogen-bond acceptors (Lipinski definition) is 4. The molecule has 2 bridgehead atoms. The van der Waals surface area contributed by atoms with Crippen LogP contribution >= 0.6 is 0 Å². The zero-order valence-electron chi connectivity index (χ0n) is 12.2. The third-order valence-electron chi connectivity index (χ3n) is 4.52. The van der Waals surface area contributed by atoms with Gasteiger partial charge >= 0.3 is 6.09 Å². The molecule has 0 aromatic rings. The normalized spacial score (nSPS) is 31.6. The van der Waals surface area contributed by atoms with Crippen molar-refractivity contribution in [1.82, 2.24) is 4.90 Å². The number of nitrogens with zero attached hydrogens (tertiary/aromatic N) is 1. The minimum Gasteiger partial charge on any atom is -0.465 e. The monoisotopic (exact) mass is 305 g/mol. The zero-order chi connectivity index (χ0) is 15.1. The van der Waals surface area contributed by atoms with Crippen LogP contribution in [0.15, 0.2) is 0 Å². The first-order valence-corrected chi connectivity index (χ1v) is 8.89. The third kappa shape index (κ3) is 2.65. The van der Waals surface area contributed by atoms with Crippen LogP contribution in [0.4, 0.5) is 4.79 Å². The van der Waals surface area contributed by atoms with Crippen LogP contribution in [0.3, 0.4) is 0 Å². The molecule has 2 fully saturated rings. The molecular weight excluding hydrogens is 282 g/mol. The molecular formula is C13H23NO5S. The molecule has 2 aliphatic heterocycles. The Morgan fingerprint density at radius 2 is 2.00 bits per heavy atom. The van der Waals surface area contributed by atoms with Gasteiger partial charge in [0, 0.05) is 6.04 Å². The van der Waals surface area contributed by atoms with Crippen LogP contribution in [0.25, 0.3) is 0 Å². The van der Waals surface area contributed by atoms with Crippen molar-refractivity contribution in [2.75, 3.05) is 6.26 Å². The van der Waals surface area contributed by atoms with E-state index in [9.17, 15) is 18.3 Å². The summed E-state index contributed by atoms with van der Waals surface area (Å²) < 4.78 is 28.4. The SMILES string of the molecule is CC(C)C(OS(C)(=O)=O)C12CCCC(CC1)N2C(=O)O. The summed E-state index contributed by atoms with van der Waals surface area (Å²) in [5.74, 6) is -0.0663. The highest BCUT2D eigenvalue weighted by atomic mass is 32.2. The van der Waals surface area contributed by atoms with Gasteiger partial charge in [0.15, 0.2) is 0 Å². The van der Waals surface area contributed by atoms with Gasteiger partial charge in [0.2, 0.25) is 0 Å². The van der Waals surface area contributed by atoms with Crippen molar-refractivity contribution in [1.29, 1.82) is 0 Å². The number of rotatable bonds is 4. The third-order valence-corrected chi connectivity index (χ3v) is 5.08. The van der Waals surface area contributed by atoms with Gasteiger partial charge in [0.05, 0.1) is 11.8 Å². The van der Waals surface area contributed by atoms with E-state index in [0.29, 0.717) is 12.8 Å². The maximum absolute atomic E-state index is 11.6. The van der Waals surface area contributed by atoms with Crippen LogP contribution in [0.1, 0.15) is 46.0 Å². The lowest BCUT2D eigenvalue weighted by Gasteiger charge is -2.48. The molecule has 0 saturated carbocycles. The quantitative estimate of drug-likeness (QED) is 0.804. The number of fused-ring (bicyclic) bond motifs is 2. The highest BCUT2D eigenvalue weighted by Crippen LogP contribution is 2.48. The van der Waals surface area contributed by atoms with Crippen molar-refractivity contribution in [2.24, 2.45) is 5.92 Å². The second kappa shape index (κ2) is 5.18. The average Bonchev–Trinajstić information content (AvgIpc) is 2.53. The first kappa shape index (κ1) is 15.6. The molecule has 1 N–H and O–H groups in total. The first-order valence-electron chi connectivity index (χ1n) is 7.08. The van der Waals surface area contributed by atoms with Crippen LogP contribution in [0.5, 0.6) is 0 Å². The van der Waals surface area contributed by atoms with Crippen LogP contribution in [-0.2, 0) is 14.3 Å². The lowest BCUT2D eigenvalue weighted by molar-refractivity contribution is -0.0384. The fourth-order valence-electron chi connectivity index (χ4n) is 3.97. The summed E-state index contributed by atoms with van der Waals surface area (Å²) in [6.07, 6.45) is 3.38. The molecule has 2 saturated heterocycles. The molecule has 0 spiro atoms. The number of carboxylic acid groups (broad SMARTS) is 1. The molecule has 2 aliphatic rings. The van der Waals surface area contributed by atoms with Gasteiger partial charge in [-0.2, -0.15) is 8.42 Å². The summed E-state index contributed by atoms with van der Waals surface area (Å²) in [5, 5.41) is 9.53. The summed E-state index contributed by atoms with van der Waals surface area (Å²) in [5.41, 5.74) is -0.688. The van der Waals surface area contributed by atoms with Crippen molar-refractivity contribution in [3.63, 3.8) is 0 Å². The molecule has 7 heteroatoms. The minimum atomic E-state index is -3.62. The van der Waals surface area contributed by atoms with Gasteiger partial charge in [0.1, 0.15) is 6.10 Å². The molecule has 0 radical (unpaired) electrons. The molecule has 116 valence electrons. The smallest absolute Gasteiger partial charge is 0.408 e. The van der Waals surface area contributed by atoms with E-state index >= 15 is 0 Å². The maximum Gasteiger partial charge on any atom is 0.408 e. The Bertz CT molecular complexity index is 485. The van der Waals surface area contributed by atoms with Gasteiger partial charge in [-0.05, 0) is 38.0 Å². The summed E-state index contributed by atoms with van der Waals surface area (Å²) in [6, 6.07) is 0.00524. The van der Waals surface area contributed by atoms with E-state index in [1.807, 2.05) is 13.8 Å². The fourth-order valence-corrected chi connectivity index (χ4v) is 4.75. The Hall–Kier alpha value is -0.820. The van der Waals surface area contributed by atoms with Crippen LogP contribution < -0.4 is 0 Å². The molecule has 0 aromatic heterocycles. The molecule has 2 heterocycles. The van der Waals surface area contributed by atoms with E-state index in [0.717, 1.165) is 25.5 Å². The average molecular weight is 305 g/mol. The minimum absolute atomic E-state index is 0.00524. The van der Waals surface area contributed by atoms with Crippen molar-refractivity contribution in [2.45, 2.75) is 63.6 Å². The molecule has 1 amide bonds. The van der Waals surface area contributed by atoms with Gasteiger partial charge in [-0.15, -0.1) is 0 Å². The van der Waals surface area contributed by atoms with E-state index in [1.165, 1.54) is 4.90 Å². The van der Waals surface area contributed by atoms with Gasteiger partial charge < -0.3 is 5.11 Å². The Morgan fingerprint density at radius 3 is 2.50 bits per heavy atom. The van der Waals surface area contributed by atoms with Crippen molar-refractivity contribution in [3.8, 4) is 0 Å². The Morgan fingerprint density at radius 1 is 1.35 bits per heavy atom. The number of hydrogen-bond donors (Lipinski definition) is 1. The second-order valence-electron chi connectivity index (χ2n) is 6.31. The van der Waals surface area contributed by atoms with Gasteiger partial charge in [-0.25, -0.2) is 4.79 Å². The molecule has 20 heavy (non-hydrogen) atoms. The zero-order valence-corrected chi connectivity index (χ0v) is 13.0. The van der Waals surface area contributed by atoms with E-state index in [2.05, 4.69) is 0 Å². The number of amides is 1. The van der Waals surface area contributed by atoms with Crippen molar-refractivity contribution >= 4 is 16.2 Å². The second-order valence-corrected chi connectivity index (χ2v) is 7.91. The predicted molar refractivity (Wildman–Crippen MR) is 74.0 cm³/mol. The topological polar surface area (TPSA) is 83.9 Å². The number of piperidine rings is 1. The van der Waals surface area contributed by atoms with Gasteiger partial charge in [-0.3, -0.25) is 9.08 Å². The Balaban J connectivity index is 2.40. The Labute approximate surface area is 120 Å². The maximum atomic E-state index is 11.6. The van der Waals surface area contributed by atoms with Crippen molar-refractivity contribution in [3.05, 3.63) is 0 Å². The molecule has 2 rings (SSSR count). The lowest BCUT2D eigenvalue weighted by atomic mass is 9.78. The lowest BCUT2D eigenvalue weighted by Crippen LogP contribution is -2.61. The molecule has 0 aliphatic carbocycles. The predicted octanol–water partition coefficient (Wildman–Crippen LogP) is 2.05. The van der Waals surface area contributed by atoms with E-state index < -0.39 is 27.9 Å². The summed E-state index contributed by atoms with van der Waals surface area (Å²) >= 11 is 0. The van der Waals surface area contributed by atoms with E-state index in [1.54, 1.807) is 0 Å². The molecule has 3 unspecified atom stereocenters. The van der Waals surface area contributed by atoms with Gasteiger partial charge in [-0.1, -0.05) is 13.8 Å². The summed E-state index contributed by atoms with van der Waals surface area (Å²) in [6.45, 7) is 3.76. The fraction of sp³-hybridized carbons (Fsp3) is 0.923. The van der Waals surface area contributed by atoms with Crippen LogP contribution in [-0.4, -0.2) is 48.5 Å². The summed E-state index contributed by atoms with van der Waals surface area (Å²) in [7, 11) is -3.62. The first-order chi connectivity index (χ1) is 9.17. The van der Waals surface area contributed by atoms with E-state index in [-0.39, 0.29) is 12.0 Å². The highest BCUT2D eigenvalue weighted by Gasteiger charge is 2.57. The highest BCUT2D eigenvalue weighted by molar-refractivity contribution is 7.86. The Kier molecular flexibility index (Phi) is 4.03. The molecule has 6 nitrogen and oxygen atoms in total. The van der Waals surface area contributed by atoms with E-state index in [4.69, 9.17) is 4.18 Å².